The summed E-state index contributed by atoms with van der Waals surface area (Å²) in [6.07, 6.45) is 1.66. The van der Waals surface area contributed by atoms with Crippen LogP contribution in [-0.2, 0) is 4.84 Å². The molecular weight excluding hydrogens is 206 g/mol. The van der Waals surface area contributed by atoms with Gasteiger partial charge in [0.05, 0.1) is 6.21 Å². The molecule has 0 aliphatic carbocycles. The number of hydrogen-bond acceptors (Lipinski definition) is 2. The SMILES string of the molecule is CON=Cc1ccc(Br)cc1. The topological polar surface area (TPSA) is 21.6 Å². The van der Waals surface area contributed by atoms with Crippen LogP contribution in [0.4, 0.5) is 0 Å². The van der Waals surface area contributed by atoms with E-state index in [4.69, 9.17) is 0 Å². The Morgan fingerprint density at radius 2 is 2.00 bits per heavy atom. The maximum Gasteiger partial charge on any atom is 0.106 e. The number of hydrogen-bond donors (Lipinski definition) is 0. The van der Waals surface area contributed by atoms with E-state index in [2.05, 4.69) is 25.9 Å². The molecule has 3 heteroatoms. The van der Waals surface area contributed by atoms with E-state index in [-0.39, 0.29) is 0 Å². The van der Waals surface area contributed by atoms with Crippen molar-refractivity contribution in [3.05, 3.63) is 34.3 Å². The minimum Gasteiger partial charge on any atom is -0.399 e. The van der Waals surface area contributed by atoms with E-state index < -0.39 is 0 Å². The largest absolute Gasteiger partial charge is 0.399 e. The lowest BCUT2D eigenvalue weighted by Crippen LogP contribution is -1.79. The van der Waals surface area contributed by atoms with Crippen LogP contribution in [0.15, 0.2) is 33.9 Å². The van der Waals surface area contributed by atoms with Gasteiger partial charge in [-0.05, 0) is 17.7 Å². The number of benzene rings is 1. The van der Waals surface area contributed by atoms with Crippen molar-refractivity contribution < 1.29 is 4.84 Å². The zero-order valence-corrected chi connectivity index (χ0v) is 7.71. The number of oxime groups is 1. The van der Waals surface area contributed by atoms with Gasteiger partial charge in [0.15, 0.2) is 0 Å². The van der Waals surface area contributed by atoms with Gasteiger partial charge in [0.2, 0.25) is 0 Å². The molecule has 1 rings (SSSR count). The van der Waals surface area contributed by atoms with Gasteiger partial charge in [0.25, 0.3) is 0 Å². The van der Waals surface area contributed by atoms with Gasteiger partial charge in [-0.25, -0.2) is 0 Å². The second kappa shape index (κ2) is 4.13. The van der Waals surface area contributed by atoms with Crippen molar-refractivity contribution in [1.82, 2.24) is 0 Å². The summed E-state index contributed by atoms with van der Waals surface area (Å²) in [6, 6.07) is 7.81. The van der Waals surface area contributed by atoms with Crippen LogP contribution in [0.25, 0.3) is 0 Å². The highest BCUT2D eigenvalue weighted by atomic mass is 79.9. The Bertz CT molecular complexity index is 243. The van der Waals surface area contributed by atoms with Gasteiger partial charge in [-0.15, -0.1) is 0 Å². The van der Waals surface area contributed by atoms with Crippen LogP contribution >= 0.6 is 15.9 Å². The van der Waals surface area contributed by atoms with E-state index in [1.54, 1.807) is 6.21 Å². The maximum atomic E-state index is 4.53. The number of nitrogens with zero attached hydrogens (tertiary/aromatic N) is 1. The van der Waals surface area contributed by atoms with E-state index in [1.807, 2.05) is 24.3 Å². The fourth-order valence-corrected chi connectivity index (χ4v) is 0.927. The van der Waals surface area contributed by atoms with Gasteiger partial charge in [0, 0.05) is 4.47 Å². The van der Waals surface area contributed by atoms with E-state index in [0.717, 1.165) is 10.0 Å². The van der Waals surface area contributed by atoms with Gasteiger partial charge in [-0.3, -0.25) is 0 Å². The standard InChI is InChI=1S/C8H8BrNO/c1-11-10-6-7-2-4-8(9)5-3-7/h2-6H,1H3. The fourth-order valence-electron chi connectivity index (χ4n) is 0.662. The molecule has 11 heavy (non-hydrogen) atoms. The summed E-state index contributed by atoms with van der Waals surface area (Å²) in [6.45, 7) is 0. The molecular formula is C8H8BrNO. The monoisotopic (exact) mass is 213 g/mol. The first-order chi connectivity index (χ1) is 5.33. The van der Waals surface area contributed by atoms with E-state index in [9.17, 15) is 0 Å². The van der Waals surface area contributed by atoms with Gasteiger partial charge in [0.1, 0.15) is 7.11 Å². The summed E-state index contributed by atoms with van der Waals surface area (Å²) in [5.41, 5.74) is 1.02. The molecule has 0 N–H and O–H groups in total. The molecule has 0 heterocycles. The number of rotatable bonds is 2. The van der Waals surface area contributed by atoms with Crippen LogP contribution in [0.1, 0.15) is 5.56 Å². The van der Waals surface area contributed by atoms with Crippen LogP contribution < -0.4 is 0 Å². The van der Waals surface area contributed by atoms with Gasteiger partial charge >= 0.3 is 0 Å². The van der Waals surface area contributed by atoms with Crippen LogP contribution in [-0.4, -0.2) is 13.3 Å². The van der Waals surface area contributed by atoms with Crippen molar-refractivity contribution in [1.29, 1.82) is 0 Å². The van der Waals surface area contributed by atoms with Crippen molar-refractivity contribution in [2.45, 2.75) is 0 Å². The van der Waals surface area contributed by atoms with Gasteiger partial charge in [-0.2, -0.15) is 0 Å². The summed E-state index contributed by atoms with van der Waals surface area (Å²) < 4.78 is 1.06. The van der Waals surface area contributed by atoms with Crippen molar-refractivity contribution >= 4 is 22.1 Å². The molecule has 0 amide bonds. The Morgan fingerprint density at radius 3 is 2.55 bits per heavy atom. The third-order valence-corrected chi connectivity index (χ3v) is 1.71. The lowest BCUT2D eigenvalue weighted by Gasteiger charge is -1.91. The molecule has 2 nitrogen and oxygen atoms in total. The molecule has 0 aliphatic heterocycles. The minimum absolute atomic E-state index is 1.02. The predicted molar refractivity (Wildman–Crippen MR) is 48.7 cm³/mol. The molecule has 0 saturated heterocycles. The molecule has 0 atom stereocenters. The van der Waals surface area contributed by atoms with E-state index in [0.29, 0.717) is 0 Å². The van der Waals surface area contributed by atoms with E-state index in [1.165, 1.54) is 7.11 Å². The quantitative estimate of drug-likeness (QED) is 0.547. The highest BCUT2D eigenvalue weighted by molar-refractivity contribution is 9.10. The molecule has 0 fully saturated rings. The lowest BCUT2D eigenvalue weighted by molar-refractivity contribution is 0.215. The molecule has 0 bridgehead atoms. The number of halogens is 1. The first kappa shape index (κ1) is 8.27. The Kier molecular flexibility index (Phi) is 3.11. The molecule has 58 valence electrons. The maximum absolute atomic E-state index is 4.53. The van der Waals surface area contributed by atoms with E-state index >= 15 is 0 Å². The molecule has 1 aromatic rings. The first-order valence-corrected chi connectivity index (χ1v) is 3.94. The summed E-state index contributed by atoms with van der Waals surface area (Å²) in [5, 5.41) is 3.63. The molecule has 0 aromatic heterocycles. The minimum atomic E-state index is 1.02. The Labute approximate surface area is 74.0 Å². The zero-order chi connectivity index (χ0) is 8.10. The smallest absolute Gasteiger partial charge is 0.106 e. The molecule has 0 spiro atoms. The highest BCUT2D eigenvalue weighted by Crippen LogP contribution is 2.08. The predicted octanol–water partition coefficient (Wildman–Crippen LogP) is 2.43. The molecule has 0 unspecified atom stereocenters. The van der Waals surface area contributed by atoms with Gasteiger partial charge < -0.3 is 4.84 Å². The van der Waals surface area contributed by atoms with Crippen LogP contribution in [0, 0.1) is 0 Å². The van der Waals surface area contributed by atoms with Crippen molar-refractivity contribution in [3.8, 4) is 0 Å². The van der Waals surface area contributed by atoms with Gasteiger partial charge in [-0.1, -0.05) is 33.2 Å². The summed E-state index contributed by atoms with van der Waals surface area (Å²) in [7, 11) is 1.52. The van der Waals surface area contributed by atoms with Crippen molar-refractivity contribution in [3.63, 3.8) is 0 Å². The molecule has 0 aliphatic rings. The van der Waals surface area contributed by atoms with Crippen LogP contribution in [0.5, 0.6) is 0 Å². The Hall–Kier alpha value is -0.830. The summed E-state index contributed by atoms with van der Waals surface area (Å²) in [5.74, 6) is 0. The van der Waals surface area contributed by atoms with Crippen LogP contribution in [0.3, 0.4) is 0 Å². The Balaban J connectivity index is 2.73. The highest BCUT2D eigenvalue weighted by Gasteiger charge is 1.86. The average Bonchev–Trinajstić information content (AvgIpc) is 2.04. The fraction of sp³-hybridized carbons (Fsp3) is 0.125. The second-order valence-corrected chi connectivity index (χ2v) is 2.88. The lowest BCUT2D eigenvalue weighted by atomic mass is 10.2. The summed E-state index contributed by atoms with van der Waals surface area (Å²) in [4.78, 5) is 4.53. The Morgan fingerprint density at radius 1 is 1.36 bits per heavy atom. The van der Waals surface area contributed by atoms with Crippen molar-refractivity contribution in [2.75, 3.05) is 7.11 Å². The molecule has 0 saturated carbocycles. The zero-order valence-electron chi connectivity index (χ0n) is 6.12. The summed E-state index contributed by atoms with van der Waals surface area (Å²) >= 11 is 3.34. The molecule has 0 radical (unpaired) electrons. The van der Waals surface area contributed by atoms with Crippen LogP contribution in [0.2, 0.25) is 0 Å². The average molecular weight is 214 g/mol. The normalized spacial score (nSPS) is 10.4. The second-order valence-electron chi connectivity index (χ2n) is 1.97. The third-order valence-electron chi connectivity index (χ3n) is 1.18. The first-order valence-electron chi connectivity index (χ1n) is 3.15. The van der Waals surface area contributed by atoms with Crippen molar-refractivity contribution in [2.24, 2.45) is 5.16 Å². The molecule has 1 aromatic carbocycles. The third kappa shape index (κ3) is 2.72.